The lowest BCUT2D eigenvalue weighted by Gasteiger charge is -2.33. The number of imidazole rings is 1. The highest BCUT2D eigenvalue weighted by Crippen LogP contribution is 2.26. The van der Waals surface area contributed by atoms with Gasteiger partial charge in [-0.1, -0.05) is 45.0 Å². The first-order chi connectivity index (χ1) is 9.99. The number of unbranched alkanes of at least 4 members (excludes halogenated alkanes) is 1. The predicted molar refractivity (Wildman–Crippen MR) is 88.2 cm³/mol. The van der Waals surface area contributed by atoms with Gasteiger partial charge in [-0.15, -0.1) is 0 Å². The number of hydrogen-bond acceptors (Lipinski definition) is 3. The monoisotopic (exact) mass is 305 g/mol. The van der Waals surface area contributed by atoms with Crippen LogP contribution >= 0.6 is 0 Å². The maximum Gasteiger partial charge on any atom is 0.408 e. The van der Waals surface area contributed by atoms with Crippen LogP contribution in [0.4, 0.5) is 10.7 Å². The summed E-state index contributed by atoms with van der Waals surface area (Å²) in [6, 6.07) is 8.81. The molecular formula is C15H23N3O2Si. The molecule has 2 aromatic rings. The fourth-order valence-electron chi connectivity index (χ4n) is 2.48. The highest BCUT2D eigenvalue weighted by atomic mass is 28.3. The summed E-state index contributed by atoms with van der Waals surface area (Å²) in [5.74, 6) is 0.593. The molecule has 0 aliphatic heterocycles. The molecule has 0 radical (unpaired) electrons. The number of hydrogen-bond donors (Lipinski definition) is 1. The molecule has 0 atom stereocenters. The van der Waals surface area contributed by atoms with E-state index in [4.69, 9.17) is 4.74 Å². The second kappa shape index (κ2) is 6.30. The third-order valence-electron chi connectivity index (χ3n) is 3.69. The Morgan fingerprint density at radius 1 is 1.38 bits per heavy atom. The van der Waals surface area contributed by atoms with Crippen LogP contribution in [-0.4, -0.2) is 31.4 Å². The zero-order valence-corrected chi connectivity index (χ0v) is 14.1. The van der Waals surface area contributed by atoms with Gasteiger partial charge in [0.1, 0.15) is 0 Å². The number of fused-ring (bicyclic) bond motifs is 1. The summed E-state index contributed by atoms with van der Waals surface area (Å²) >= 11 is 0. The fraction of sp³-hybridized carbons (Fsp3) is 0.467. The number of amides is 1. The first-order valence-electron chi connectivity index (χ1n) is 7.32. The highest BCUT2D eigenvalue weighted by Gasteiger charge is 2.37. The minimum Gasteiger partial charge on any atom is -0.453 e. The normalized spacial score (nSPS) is 11.6. The summed E-state index contributed by atoms with van der Waals surface area (Å²) < 4.78 is 6.74. The van der Waals surface area contributed by atoms with E-state index >= 15 is 0 Å². The van der Waals surface area contributed by atoms with E-state index in [1.54, 1.807) is 4.57 Å². The topological polar surface area (TPSA) is 58.2 Å². The summed E-state index contributed by atoms with van der Waals surface area (Å²) in [6.45, 7) is 6.51. The number of aromatic nitrogens is 2. The average Bonchev–Trinajstić information content (AvgIpc) is 2.87. The number of ether oxygens (including phenoxy) is 1. The van der Waals surface area contributed by atoms with Crippen molar-refractivity contribution in [2.24, 2.45) is 0 Å². The number of anilines is 1. The molecule has 0 spiro atoms. The van der Waals surface area contributed by atoms with E-state index in [0.29, 0.717) is 5.95 Å². The third kappa shape index (κ3) is 3.26. The lowest BCUT2D eigenvalue weighted by atomic mass is 10.3. The summed E-state index contributed by atoms with van der Waals surface area (Å²) in [4.78, 5) is 20.1. The van der Waals surface area contributed by atoms with E-state index in [1.165, 1.54) is 7.11 Å². The Morgan fingerprint density at radius 3 is 2.71 bits per heavy atom. The second-order valence-corrected chi connectivity index (χ2v) is 10.4. The number of H-pyrrole nitrogens is 1. The van der Waals surface area contributed by atoms with Gasteiger partial charge in [-0.05, 0) is 18.2 Å². The number of carbonyl (C=O) groups is 1. The third-order valence-corrected chi connectivity index (χ3v) is 6.88. The summed E-state index contributed by atoms with van der Waals surface area (Å²) in [7, 11) is -0.558. The summed E-state index contributed by atoms with van der Waals surface area (Å²) in [5, 5.41) is 0. The number of benzene rings is 1. The zero-order chi connectivity index (χ0) is 15.5. The standard InChI is InChI=1S/C15H23N3O2Si/c1-5-6-11-21(3,4)18(15(19)20-2)14-16-12-9-7-8-10-13(12)17-14/h7-10H,5-6,11H2,1-4H3,(H,16,17). The van der Waals surface area contributed by atoms with Crippen molar-refractivity contribution in [1.29, 1.82) is 0 Å². The minimum absolute atomic E-state index is 0.332. The first-order valence-corrected chi connectivity index (χ1v) is 10.5. The van der Waals surface area contributed by atoms with Crippen molar-refractivity contribution in [2.45, 2.75) is 38.9 Å². The molecule has 1 aromatic heterocycles. The van der Waals surface area contributed by atoms with Gasteiger partial charge >= 0.3 is 6.09 Å². The molecule has 1 heterocycles. The van der Waals surface area contributed by atoms with Crippen molar-refractivity contribution in [1.82, 2.24) is 9.97 Å². The van der Waals surface area contributed by atoms with Crippen molar-refractivity contribution in [2.75, 3.05) is 11.7 Å². The lowest BCUT2D eigenvalue weighted by Crippen LogP contribution is -2.52. The van der Waals surface area contributed by atoms with Crippen LogP contribution in [0.15, 0.2) is 24.3 Å². The smallest absolute Gasteiger partial charge is 0.408 e. The van der Waals surface area contributed by atoms with Crippen molar-refractivity contribution in [3.63, 3.8) is 0 Å². The molecule has 0 fully saturated rings. The summed E-state index contributed by atoms with van der Waals surface area (Å²) in [5.41, 5.74) is 1.79. The van der Waals surface area contributed by atoms with Crippen molar-refractivity contribution >= 4 is 31.3 Å². The van der Waals surface area contributed by atoms with Crippen LogP contribution in [0.1, 0.15) is 19.8 Å². The number of methoxy groups -OCH3 is 1. The van der Waals surface area contributed by atoms with Crippen molar-refractivity contribution < 1.29 is 9.53 Å². The molecule has 6 heteroatoms. The van der Waals surface area contributed by atoms with Crippen LogP contribution in [0.2, 0.25) is 19.1 Å². The van der Waals surface area contributed by atoms with Crippen LogP contribution in [0, 0.1) is 0 Å². The largest absolute Gasteiger partial charge is 0.453 e. The molecule has 1 amide bonds. The first kappa shape index (κ1) is 15.6. The van der Waals surface area contributed by atoms with Crippen LogP contribution in [0.5, 0.6) is 0 Å². The molecule has 114 valence electrons. The lowest BCUT2D eigenvalue weighted by molar-refractivity contribution is 0.182. The number of para-hydroxylation sites is 2. The van der Waals surface area contributed by atoms with Crippen LogP contribution in [0.3, 0.4) is 0 Å². The summed E-state index contributed by atoms with van der Waals surface area (Å²) in [6.07, 6.45) is 1.89. The van der Waals surface area contributed by atoms with E-state index in [-0.39, 0.29) is 6.09 Å². The van der Waals surface area contributed by atoms with Gasteiger partial charge in [0.05, 0.1) is 18.1 Å². The Labute approximate surface area is 126 Å². The Morgan fingerprint density at radius 2 is 2.10 bits per heavy atom. The number of carbonyl (C=O) groups excluding carboxylic acids is 1. The maximum atomic E-state index is 12.3. The van der Waals surface area contributed by atoms with Crippen LogP contribution in [0.25, 0.3) is 11.0 Å². The molecule has 21 heavy (non-hydrogen) atoms. The number of aromatic amines is 1. The molecule has 0 aliphatic carbocycles. The minimum atomic E-state index is -1.98. The Hall–Kier alpha value is -1.82. The zero-order valence-electron chi connectivity index (χ0n) is 13.1. The predicted octanol–water partition coefficient (Wildman–Crippen LogP) is 4.14. The van der Waals surface area contributed by atoms with Gasteiger partial charge in [0, 0.05) is 0 Å². The molecule has 0 saturated carbocycles. The fourth-order valence-corrected chi connectivity index (χ4v) is 5.19. The van der Waals surface area contributed by atoms with Gasteiger partial charge in [0.25, 0.3) is 0 Å². The molecule has 0 aliphatic rings. The molecule has 1 aromatic carbocycles. The van der Waals surface area contributed by atoms with Gasteiger partial charge < -0.3 is 9.72 Å². The maximum absolute atomic E-state index is 12.3. The SMILES string of the molecule is CCCC[Si](C)(C)N(C(=O)OC)c1nc2ccccc2[nH]1. The molecule has 1 N–H and O–H groups in total. The quantitative estimate of drug-likeness (QED) is 0.845. The second-order valence-electron chi connectivity index (χ2n) is 5.80. The van der Waals surface area contributed by atoms with Gasteiger partial charge in [0.15, 0.2) is 8.24 Å². The Balaban J connectivity index is 2.42. The highest BCUT2D eigenvalue weighted by molar-refractivity contribution is 6.83. The molecule has 0 saturated heterocycles. The molecule has 0 unspecified atom stereocenters. The van der Waals surface area contributed by atoms with Crippen molar-refractivity contribution in [3.05, 3.63) is 24.3 Å². The van der Waals surface area contributed by atoms with Gasteiger partial charge in [-0.25, -0.2) is 9.78 Å². The molecule has 0 bridgehead atoms. The van der Waals surface area contributed by atoms with Gasteiger partial charge in [0.2, 0.25) is 5.95 Å². The number of nitrogens with one attached hydrogen (secondary N) is 1. The van der Waals surface area contributed by atoms with Crippen LogP contribution in [-0.2, 0) is 4.74 Å². The average molecular weight is 305 g/mol. The molecule has 5 nitrogen and oxygen atoms in total. The van der Waals surface area contributed by atoms with E-state index in [0.717, 1.165) is 29.9 Å². The molecular weight excluding hydrogens is 282 g/mol. The van der Waals surface area contributed by atoms with Crippen LogP contribution < -0.4 is 4.57 Å². The Bertz CT molecular complexity index is 591. The van der Waals surface area contributed by atoms with Crippen molar-refractivity contribution in [3.8, 4) is 0 Å². The number of rotatable bonds is 5. The Kier molecular flexibility index (Phi) is 4.67. The van der Waals surface area contributed by atoms with Gasteiger partial charge in [-0.3, -0.25) is 4.57 Å². The van der Waals surface area contributed by atoms with E-state index in [1.807, 2.05) is 24.3 Å². The van der Waals surface area contributed by atoms with E-state index in [9.17, 15) is 4.79 Å². The van der Waals surface area contributed by atoms with Gasteiger partial charge in [-0.2, -0.15) is 0 Å². The van der Waals surface area contributed by atoms with E-state index < -0.39 is 8.24 Å². The number of nitrogens with zero attached hydrogens (tertiary/aromatic N) is 2. The van der Waals surface area contributed by atoms with E-state index in [2.05, 4.69) is 30.0 Å². The molecule has 2 rings (SSSR count).